The zero-order chi connectivity index (χ0) is 15.2. The highest BCUT2D eigenvalue weighted by Crippen LogP contribution is 2.31. The summed E-state index contributed by atoms with van der Waals surface area (Å²) in [4.78, 5) is 0. The number of anilines is 1. The lowest BCUT2D eigenvalue weighted by atomic mass is 10.1. The number of ether oxygens (including phenoxy) is 2. The van der Waals surface area contributed by atoms with Gasteiger partial charge in [0, 0.05) is 21.4 Å². The molecule has 112 valence electrons. The van der Waals surface area contributed by atoms with Gasteiger partial charge in [0.15, 0.2) is 11.5 Å². The number of hydrogen-bond acceptors (Lipinski definition) is 3. The van der Waals surface area contributed by atoms with Crippen LogP contribution in [-0.4, -0.2) is 13.7 Å². The standard InChI is InChI=1S/C17H20INO2/c1-4-21-16-7-5-6-13(17(16)20-3)11-19-15-9-8-14(18)10-12(15)2/h5-10,19H,4,11H2,1-3H3. The Morgan fingerprint density at radius 2 is 2.00 bits per heavy atom. The summed E-state index contributed by atoms with van der Waals surface area (Å²) in [7, 11) is 1.68. The van der Waals surface area contributed by atoms with Crippen molar-refractivity contribution in [2.45, 2.75) is 20.4 Å². The molecule has 0 fully saturated rings. The summed E-state index contributed by atoms with van der Waals surface area (Å²) < 4.78 is 12.3. The molecule has 3 nitrogen and oxygen atoms in total. The smallest absolute Gasteiger partial charge is 0.165 e. The average Bonchev–Trinajstić information content (AvgIpc) is 2.47. The van der Waals surface area contributed by atoms with Crippen molar-refractivity contribution in [1.82, 2.24) is 0 Å². The molecule has 0 aliphatic carbocycles. The van der Waals surface area contributed by atoms with Gasteiger partial charge in [-0.05, 0) is 66.3 Å². The van der Waals surface area contributed by atoms with Gasteiger partial charge in [-0.15, -0.1) is 0 Å². The Kier molecular flexibility index (Phi) is 5.73. The summed E-state index contributed by atoms with van der Waals surface area (Å²) in [6.45, 7) is 5.41. The van der Waals surface area contributed by atoms with Crippen LogP contribution in [0.5, 0.6) is 11.5 Å². The van der Waals surface area contributed by atoms with E-state index in [9.17, 15) is 0 Å². The summed E-state index contributed by atoms with van der Waals surface area (Å²) in [5, 5.41) is 3.46. The summed E-state index contributed by atoms with van der Waals surface area (Å²) in [6, 6.07) is 12.3. The van der Waals surface area contributed by atoms with E-state index in [0.29, 0.717) is 13.2 Å². The Labute approximate surface area is 139 Å². The van der Waals surface area contributed by atoms with Gasteiger partial charge in [-0.3, -0.25) is 0 Å². The van der Waals surface area contributed by atoms with Crippen LogP contribution in [0.15, 0.2) is 36.4 Å². The SMILES string of the molecule is CCOc1cccc(CNc2ccc(I)cc2C)c1OC. The molecule has 2 aromatic rings. The van der Waals surface area contributed by atoms with Crippen molar-refractivity contribution in [3.63, 3.8) is 0 Å². The van der Waals surface area contributed by atoms with E-state index in [0.717, 1.165) is 22.7 Å². The van der Waals surface area contributed by atoms with Gasteiger partial charge >= 0.3 is 0 Å². The highest BCUT2D eigenvalue weighted by atomic mass is 127. The lowest BCUT2D eigenvalue weighted by Crippen LogP contribution is -2.04. The van der Waals surface area contributed by atoms with Crippen molar-refractivity contribution < 1.29 is 9.47 Å². The van der Waals surface area contributed by atoms with E-state index >= 15 is 0 Å². The predicted octanol–water partition coefficient (Wildman–Crippen LogP) is 4.62. The van der Waals surface area contributed by atoms with E-state index in [2.05, 4.69) is 59.1 Å². The molecule has 0 radical (unpaired) electrons. The Morgan fingerprint density at radius 1 is 1.19 bits per heavy atom. The first-order valence-corrected chi connectivity index (χ1v) is 8.02. The Hall–Kier alpha value is -1.43. The molecule has 0 spiro atoms. The molecule has 0 aromatic heterocycles. The topological polar surface area (TPSA) is 30.5 Å². The number of hydrogen-bond donors (Lipinski definition) is 1. The first-order chi connectivity index (χ1) is 10.2. The quantitative estimate of drug-likeness (QED) is 0.722. The number of para-hydroxylation sites is 1. The molecule has 21 heavy (non-hydrogen) atoms. The van der Waals surface area contributed by atoms with Gasteiger partial charge in [0.25, 0.3) is 0 Å². The maximum absolute atomic E-state index is 5.61. The van der Waals surface area contributed by atoms with Gasteiger partial charge in [-0.2, -0.15) is 0 Å². The molecule has 0 amide bonds. The second-order valence-electron chi connectivity index (χ2n) is 4.69. The fraction of sp³-hybridized carbons (Fsp3) is 0.294. The van der Waals surface area contributed by atoms with Crippen LogP contribution in [0.3, 0.4) is 0 Å². The van der Waals surface area contributed by atoms with Gasteiger partial charge in [-0.25, -0.2) is 0 Å². The predicted molar refractivity (Wildman–Crippen MR) is 95.4 cm³/mol. The van der Waals surface area contributed by atoms with Gasteiger partial charge in [-0.1, -0.05) is 12.1 Å². The summed E-state index contributed by atoms with van der Waals surface area (Å²) in [5.74, 6) is 1.59. The molecule has 0 aliphatic heterocycles. The summed E-state index contributed by atoms with van der Waals surface area (Å²) in [6.07, 6.45) is 0. The highest BCUT2D eigenvalue weighted by Gasteiger charge is 2.10. The van der Waals surface area contributed by atoms with Crippen molar-refractivity contribution in [3.8, 4) is 11.5 Å². The van der Waals surface area contributed by atoms with Gasteiger partial charge < -0.3 is 14.8 Å². The molecule has 2 aromatic carbocycles. The summed E-state index contributed by atoms with van der Waals surface area (Å²) >= 11 is 2.32. The zero-order valence-corrected chi connectivity index (χ0v) is 14.7. The molecule has 0 saturated heterocycles. The fourth-order valence-electron chi connectivity index (χ4n) is 2.22. The first-order valence-electron chi connectivity index (χ1n) is 6.94. The van der Waals surface area contributed by atoms with E-state index in [1.165, 1.54) is 9.13 Å². The van der Waals surface area contributed by atoms with Crippen LogP contribution in [0.1, 0.15) is 18.1 Å². The van der Waals surface area contributed by atoms with Crippen molar-refractivity contribution in [2.24, 2.45) is 0 Å². The minimum atomic E-state index is 0.628. The third kappa shape index (κ3) is 4.03. The van der Waals surface area contributed by atoms with Crippen LogP contribution in [0.25, 0.3) is 0 Å². The van der Waals surface area contributed by atoms with E-state index in [1.807, 2.05) is 19.1 Å². The van der Waals surface area contributed by atoms with Gasteiger partial charge in [0.05, 0.1) is 13.7 Å². The Balaban J connectivity index is 2.17. The maximum Gasteiger partial charge on any atom is 0.165 e. The van der Waals surface area contributed by atoms with Crippen LogP contribution in [0.4, 0.5) is 5.69 Å². The molecule has 0 unspecified atom stereocenters. The Bertz CT molecular complexity index is 614. The van der Waals surface area contributed by atoms with Crippen LogP contribution >= 0.6 is 22.6 Å². The van der Waals surface area contributed by atoms with Gasteiger partial charge in [0.1, 0.15) is 0 Å². The second-order valence-corrected chi connectivity index (χ2v) is 5.94. The van der Waals surface area contributed by atoms with E-state index in [-0.39, 0.29) is 0 Å². The largest absolute Gasteiger partial charge is 0.493 e. The number of halogens is 1. The molecule has 1 N–H and O–H groups in total. The monoisotopic (exact) mass is 397 g/mol. The second kappa shape index (κ2) is 7.54. The van der Waals surface area contributed by atoms with Crippen LogP contribution in [0.2, 0.25) is 0 Å². The molecule has 2 rings (SSSR count). The molecule has 0 atom stereocenters. The maximum atomic E-state index is 5.61. The molecule has 0 heterocycles. The van der Waals surface area contributed by atoms with Gasteiger partial charge in [0.2, 0.25) is 0 Å². The van der Waals surface area contributed by atoms with Crippen molar-refractivity contribution in [1.29, 1.82) is 0 Å². The Morgan fingerprint density at radius 3 is 2.67 bits per heavy atom. The average molecular weight is 397 g/mol. The highest BCUT2D eigenvalue weighted by molar-refractivity contribution is 14.1. The number of nitrogens with one attached hydrogen (secondary N) is 1. The third-order valence-corrected chi connectivity index (χ3v) is 3.89. The van der Waals surface area contributed by atoms with Crippen molar-refractivity contribution >= 4 is 28.3 Å². The summed E-state index contributed by atoms with van der Waals surface area (Å²) in [5.41, 5.74) is 3.46. The zero-order valence-electron chi connectivity index (χ0n) is 12.6. The molecule has 0 saturated carbocycles. The molecular formula is C17H20INO2. The third-order valence-electron chi connectivity index (χ3n) is 3.22. The fourth-order valence-corrected chi connectivity index (χ4v) is 2.86. The van der Waals surface area contributed by atoms with E-state index < -0.39 is 0 Å². The molecule has 4 heteroatoms. The molecular weight excluding hydrogens is 377 g/mol. The van der Waals surface area contributed by atoms with Crippen LogP contribution in [0, 0.1) is 10.5 Å². The molecule has 0 bridgehead atoms. The van der Waals surface area contributed by atoms with Crippen molar-refractivity contribution in [2.75, 3.05) is 19.0 Å². The lowest BCUT2D eigenvalue weighted by Gasteiger charge is -2.15. The minimum absolute atomic E-state index is 0.628. The first kappa shape index (κ1) is 15.9. The number of methoxy groups -OCH3 is 1. The lowest BCUT2D eigenvalue weighted by molar-refractivity contribution is 0.309. The normalized spacial score (nSPS) is 10.3. The number of aryl methyl sites for hydroxylation is 1. The van der Waals surface area contributed by atoms with E-state index in [4.69, 9.17) is 9.47 Å². The van der Waals surface area contributed by atoms with E-state index in [1.54, 1.807) is 7.11 Å². The molecule has 0 aliphatic rings. The van der Waals surface area contributed by atoms with Crippen LogP contribution in [-0.2, 0) is 6.54 Å². The number of benzene rings is 2. The minimum Gasteiger partial charge on any atom is -0.493 e. The van der Waals surface area contributed by atoms with Crippen LogP contribution < -0.4 is 14.8 Å². The van der Waals surface area contributed by atoms with Crippen molar-refractivity contribution in [3.05, 3.63) is 51.1 Å². The number of rotatable bonds is 6.